The fraction of sp³-hybridized carbons (Fsp3) is 0.250. The van der Waals surface area contributed by atoms with Crippen LogP contribution in [0.2, 0.25) is 0 Å². The van der Waals surface area contributed by atoms with Gasteiger partial charge in [0.15, 0.2) is 0 Å². The lowest BCUT2D eigenvalue weighted by Gasteiger charge is -2.17. The Hall–Kier alpha value is -2.20. The van der Waals surface area contributed by atoms with Crippen molar-refractivity contribution in [2.45, 2.75) is 26.1 Å². The maximum atomic E-state index is 10.9. The molecule has 1 heterocycles. The van der Waals surface area contributed by atoms with Crippen LogP contribution in [0.15, 0.2) is 48.7 Å². The molecule has 1 aromatic heterocycles. The van der Waals surface area contributed by atoms with Crippen LogP contribution in [0.3, 0.4) is 0 Å². The van der Waals surface area contributed by atoms with Crippen molar-refractivity contribution < 1.29 is 14.6 Å². The molecule has 0 saturated carbocycles. The molecule has 104 valence electrons. The van der Waals surface area contributed by atoms with Gasteiger partial charge in [0.1, 0.15) is 5.69 Å². The van der Waals surface area contributed by atoms with Crippen LogP contribution in [0, 0.1) is 0 Å². The molecule has 0 aliphatic heterocycles. The molecule has 20 heavy (non-hydrogen) atoms. The van der Waals surface area contributed by atoms with Gasteiger partial charge in [-0.1, -0.05) is 37.3 Å². The second-order valence-corrected chi connectivity index (χ2v) is 4.47. The number of aromatic nitrogens is 1. The largest absolute Gasteiger partial charge is 0.477 e. The number of pyridine rings is 1. The summed E-state index contributed by atoms with van der Waals surface area (Å²) in [6.07, 6.45) is 2.15. The van der Waals surface area contributed by atoms with Gasteiger partial charge in [0.25, 0.3) is 0 Å². The molecule has 1 unspecified atom stereocenters. The van der Waals surface area contributed by atoms with E-state index in [4.69, 9.17) is 9.84 Å². The molecular formula is C16H17NO3. The molecule has 2 aromatic rings. The Balaban J connectivity index is 2.08. The summed E-state index contributed by atoms with van der Waals surface area (Å²) >= 11 is 0. The third kappa shape index (κ3) is 3.65. The predicted molar refractivity (Wildman–Crippen MR) is 75.5 cm³/mol. The topological polar surface area (TPSA) is 59.4 Å². The van der Waals surface area contributed by atoms with E-state index in [-0.39, 0.29) is 11.8 Å². The fourth-order valence-electron chi connectivity index (χ4n) is 1.98. The molecule has 4 heteroatoms. The number of hydrogen-bond donors (Lipinski definition) is 1. The monoisotopic (exact) mass is 271 g/mol. The average Bonchev–Trinajstić information content (AvgIpc) is 2.49. The van der Waals surface area contributed by atoms with Crippen molar-refractivity contribution in [3.05, 3.63) is 65.5 Å². The zero-order valence-electron chi connectivity index (χ0n) is 11.3. The number of rotatable bonds is 6. The van der Waals surface area contributed by atoms with Crippen molar-refractivity contribution in [1.82, 2.24) is 4.98 Å². The van der Waals surface area contributed by atoms with Gasteiger partial charge in [-0.3, -0.25) is 0 Å². The van der Waals surface area contributed by atoms with Crippen molar-refractivity contribution in [2.24, 2.45) is 0 Å². The quantitative estimate of drug-likeness (QED) is 0.874. The second kappa shape index (κ2) is 6.82. The molecule has 0 aliphatic carbocycles. The van der Waals surface area contributed by atoms with Crippen molar-refractivity contribution >= 4 is 5.97 Å². The van der Waals surface area contributed by atoms with E-state index in [1.54, 1.807) is 12.1 Å². The van der Waals surface area contributed by atoms with Gasteiger partial charge in [-0.15, -0.1) is 0 Å². The van der Waals surface area contributed by atoms with Gasteiger partial charge >= 0.3 is 5.97 Å². The molecule has 1 aromatic carbocycles. The summed E-state index contributed by atoms with van der Waals surface area (Å²) in [7, 11) is 0. The van der Waals surface area contributed by atoms with Gasteiger partial charge in [-0.2, -0.15) is 0 Å². The van der Waals surface area contributed by atoms with Gasteiger partial charge in [-0.25, -0.2) is 9.78 Å². The Bertz CT molecular complexity index is 569. The standard InChI is InChI=1S/C16H17NO3/c1-2-15(20-11-12-6-4-3-5-7-12)13-8-9-17-14(10-13)16(18)19/h3-10,15H,2,11H2,1H3,(H,18,19). The number of benzene rings is 1. The summed E-state index contributed by atoms with van der Waals surface area (Å²) in [6.45, 7) is 2.51. The molecule has 2 rings (SSSR count). The van der Waals surface area contributed by atoms with E-state index in [2.05, 4.69) is 4.98 Å². The summed E-state index contributed by atoms with van der Waals surface area (Å²) < 4.78 is 5.88. The summed E-state index contributed by atoms with van der Waals surface area (Å²) in [5.74, 6) is -1.02. The zero-order valence-corrected chi connectivity index (χ0v) is 11.3. The molecule has 4 nitrogen and oxygen atoms in total. The molecule has 0 bridgehead atoms. The zero-order chi connectivity index (χ0) is 14.4. The summed E-state index contributed by atoms with van der Waals surface area (Å²) in [5.41, 5.74) is 1.98. The molecule has 1 N–H and O–H groups in total. The molecule has 0 amide bonds. The van der Waals surface area contributed by atoms with Gasteiger partial charge in [0, 0.05) is 6.20 Å². The van der Waals surface area contributed by atoms with Crippen molar-refractivity contribution in [3.63, 3.8) is 0 Å². The lowest BCUT2D eigenvalue weighted by molar-refractivity contribution is 0.0370. The van der Waals surface area contributed by atoms with Gasteiger partial charge in [0.2, 0.25) is 0 Å². The SMILES string of the molecule is CCC(OCc1ccccc1)c1ccnc(C(=O)O)c1. The Morgan fingerprint density at radius 3 is 2.70 bits per heavy atom. The minimum absolute atomic E-state index is 0.0456. The number of nitrogens with zero attached hydrogens (tertiary/aromatic N) is 1. The second-order valence-electron chi connectivity index (χ2n) is 4.47. The minimum atomic E-state index is -1.02. The Kier molecular flexibility index (Phi) is 4.85. The first-order chi connectivity index (χ1) is 9.70. The van der Waals surface area contributed by atoms with Gasteiger partial charge < -0.3 is 9.84 Å². The maximum absolute atomic E-state index is 10.9. The maximum Gasteiger partial charge on any atom is 0.354 e. The number of hydrogen-bond acceptors (Lipinski definition) is 3. The average molecular weight is 271 g/mol. The van der Waals surface area contributed by atoms with Crippen LogP contribution in [-0.4, -0.2) is 16.1 Å². The third-order valence-electron chi connectivity index (χ3n) is 3.04. The molecule has 0 aliphatic rings. The molecule has 0 saturated heterocycles. The van der Waals surface area contributed by atoms with E-state index in [1.807, 2.05) is 37.3 Å². The first-order valence-corrected chi connectivity index (χ1v) is 6.55. The highest BCUT2D eigenvalue weighted by atomic mass is 16.5. The van der Waals surface area contributed by atoms with Crippen LogP contribution in [-0.2, 0) is 11.3 Å². The van der Waals surface area contributed by atoms with Gasteiger partial charge in [-0.05, 0) is 29.7 Å². The number of ether oxygens (including phenoxy) is 1. The van der Waals surface area contributed by atoms with E-state index >= 15 is 0 Å². The predicted octanol–water partition coefficient (Wildman–Crippen LogP) is 3.45. The van der Waals surface area contributed by atoms with Crippen molar-refractivity contribution in [1.29, 1.82) is 0 Å². The van der Waals surface area contributed by atoms with E-state index in [0.29, 0.717) is 6.61 Å². The normalized spacial score (nSPS) is 12.1. The first kappa shape index (κ1) is 14.2. The Morgan fingerprint density at radius 2 is 2.05 bits per heavy atom. The highest BCUT2D eigenvalue weighted by molar-refractivity contribution is 5.85. The van der Waals surface area contributed by atoms with E-state index in [0.717, 1.165) is 17.5 Å². The number of carboxylic acids is 1. The van der Waals surface area contributed by atoms with Crippen LogP contribution in [0.5, 0.6) is 0 Å². The Labute approximate surface area is 118 Å². The molecule has 0 radical (unpaired) electrons. The van der Waals surface area contributed by atoms with Crippen LogP contribution < -0.4 is 0 Å². The van der Waals surface area contributed by atoms with Crippen LogP contribution in [0.4, 0.5) is 0 Å². The summed E-state index contributed by atoms with van der Waals surface area (Å²) in [4.78, 5) is 14.8. The van der Waals surface area contributed by atoms with Crippen LogP contribution in [0.25, 0.3) is 0 Å². The summed E-state index contributed by atoms with van der Waals surface area (Å²) in [5, 5.41) is 8.97. The van der Waals surface area contributed by atoms with E-state index < -0.39 is 5.97 Å². The number of carboxylic acid groups (broad SMARTS) is 1. The van der Waals surface area contributed by atoms with E-state index in [1.165, 1.54) is 6.20 Å². The van der Waals surface area contributed by atoms with E-state index in [9.17, 15) is 4.79 Å². The fourth-order valence-corrected chi connectivity index (χ4v) is 1.98. The number of carbonyl (C=O) groups is 1. The lowest BCUT2D eigenvalue weighted by atomic mass is 10.1. The highest BCUT2D eigenvalue weighted by Crippen LogP contribution is 2.22. The van der Waals surface area contributed by atoms with Crippen LogP contribution in [0.1, 0.15) is 41.1 Å². The highest BCUT2D eigenvalue weighted by Gasteiger charge is 2.13. The number of aromatic carboxylic acids is 1. The molecule has 1 atom stereocenters. The smallest absolute Gasteiger partial charge is 0.354 e. The molecule has 0 spiro atoms. The Morgan fingerprint density at radius 1 is 1.30 bits per heavy atom. The molecular weight excluding hydrogens is 254 g/mol. The van der Waals surface area contributed by atoms with Gasteiger partial charge in [0.05, 0.1) is 12.7 Å². The van der Waals surface area contributed by atoms with Crippen LogP contribution >= 0.6 is 0 Å². The summed E-state index contributed by atoms with van der Waals surface area (Å²) in [6, 6.07) is 13.3. The third-order valence-corrected chi connectivity index (χ3v) is 3.04. The first-order valence-electron chi connectivity index (χ1n) is 6.55. The minimum Gasteiger partial charge on any atom is -0.477 e. The van der Waals surface area contributed by atoms with Crippen molar-refractivity contribution in [3.8, 4) is 0 Å². The lowest BCUT2D eigenvalue weighted by Crippen LogP contribution is -2.07. The molecule has 0 fully saturated rings. The van der Waals surface area contributed by atoms with Crippen molar-refractivity contribution in [2.75, 3.05) is 0 Å².